The maximum absolute atomic E-state index is 10.9. The van der Waals surface area contributed by atoms with Gasteiger partial charge in [-0.05, 0) is 24.3 Å². The number of hydrogen-bond donors (Lipinski definition) is 2. The van der Waals surface area contributed by atoms with Crippen LogP contribution in [0.1, 0.15) is 12.7 Å². The van der Waals surface area contributed by atoms with Crippen molar-refractivity contribution in [1.29, 1.82) is 0 Å². The zero-order valence-electron chi connectivity index (χ0n) is 10.8. The van der Waals surface area contributed by atoms with E-state index in [1.54, 1.807) is 6.20 Å². The molecule has 1 heterocycles. The number of anilines is 2. The number of benzene rings is 1. The van der Waals surface area contributed by atoms with E-state index >= 15 is 0 Å². The van der Waals surface area contributed by atoms with Gasteiger partial charge in [-0.1, -0.05) is 11.6 Å². The van der Waals surface area contributed by atoms with Crippen molar-refractivity contribution in [2.45, 2.75) is 13.5 Å². The van der Waals surface area contributed by atoms with Crippen LogP contribution in [0, 0.1) is 0 Å². The van der Waals surface area contributed by atoms with Crippen LogP contribution in [-0.4, -0.2) is 15.5 Å². The Balaban J connectivity index is 1.96. The fraction of sp³-hybridized carbons (Fsp3) is 0.231. The molecule has 1 amide bonds. The average Bonchev–Trinajstić information content (AvgIpc) is 2.69. The van der Waals surface area contributed by atoms with Crippen LogP contribution in [0.15, 0.2) is 30.5 Å². The van der Waals surface area contributed by atoms with Crippen molar-refractivity contribution in [2.24, 2.45) is 7.05 Å². The van der Waals surface area contributed by atoms with Gasteiger partial charge in [0.05, 0.1) is 12.7 Å². The minimum absolute atomic E-state index is 0.0802. The van der Waals surface area contributed by atoms with E-state index in [4.69, 9.17) is 11.6 Å². The standard InChI is InChI=1S/C13H15ClN4O/c1-9(19)17-11-5-3-10(4-6-11)15-8-13-16-7-12(14)18(13)2/h3-7,15H,8H2,1-2H3,(H,17,19). The maximum Gasteiger partial charge on any atom is 0.221 e. The summed E-state index contributed by atoms with van der Waals surface area (Å²) in [5, 5.41) is 6.57. The van der Waals surface area contributed by atoms with Crippen molar-refractivity contribution in [2.75, 3.05) is 10.6 Å². The number of nitrogens with one attached hydrogen (secondary N) is 2. The van der Waals surface area contributed by atoms with Crippen molar-refractivity contribution in [3.8, 4) is 0 Å². The SMILES string of the molecule is CC(=O)Nc1ccc(NCc2ncc(Cl)n2C)cc1. The van der Waals surface area contributed by atoms with Crippen LogP contribution in [0.25, 0.3) is 0 Å². The Morgan fingerprint density at radius 1 is 1.32 bits per heavy atom. The first-order valence-electron chi connectivity index (χ1n) is 5.84. The lowest BCUT2D eigenvalue weighted by atomic mass is 10.2. The van der Waals surface area contributed by atoms with Crippen LogP contribution in [0.2, 0.25) is 5.15 Å². The van der Waals surface area contributed by atoms with Gasteiger partial charge in [-0.25, -0.2) is 4.98 Å². The highest BCUT2D eigenvalue weighted by Crippen LogP contribution is 2.15. The van der Waals surface area contributed by atoms with E-state index in [2.05, 4.69) is 15.6 Å². The molecule has 0 saturated carbocycles. The second-order valence-corrected chi connectivity index (χ2v) is 4.56. The van der Waals surface area contributed by atoms with Gasteiger partial charge in [0.1, 0.15) is 11.0 Å². The Morgan fingerprint density at radius 3 is 2.47 bits per heavy atom. The Morgan fingerprint density at radius 2 is 1.95 bits per heavy atom. The predicted molar refractivity (Wildman–Crippen MR) is 76.3 cm³/mol. The minimum atomic E-state index is -0.0802. The van der Waals surface area contributed by atoms with E-state index in [-0.39, 0.29) is 5.91 Å². The molecule has 6 heteroatoms. The molecule has 2 aromatic rings. The quantitative estimate of drug-likeness (QED) is 0.904. The lowest BCUT2D eigenvalue weighted by Gasteiger charge is -2.08. The molecular formula is C13H15ClN4O. The van der Waals surface area contributed by atoms with Crippen LogP contribution in [0.4, 0.5) is 11.4 Å². The van der Waals surface area contributed by atoms with E-state index < -0.39 is 0 Å². The van der Waals surface area contributed by atoms with E-state index in [9.17, 15) is 4.79 Å². The van der Waals surface area contributed by atoms with Crippen molar-refractivity contribution < 1.29 is 4.79 Å². The monoisotopic (exact) mass is 278 g/mol. The van der Waals surface area contributed by atoms with Crippen LogP contribution < -0.4 is 10.6 Å². The van der Waals surface area contributed by atoms with Gasteiger partial charge in [0.15, 0.2) is 0 Å². The fourth-order valence-electron chi connectivity index (χ4n) is 1.64. The first-order valence-corrected chi connectivity index (χ1v) is 6.21. The summed E-state index contributed by atoms with van der Waals surface area (Å²) >= 11 is 5.91. The van der Waals surface area contributed by atoms with Gasteiger partial charge in [-0.2, -0.15) is 0 Å². The van der Waals surface area contributed by atoms with E-state index in [1.807, 2.05) is 35.9 Å². The highest BCUT2D eigenvalue weighted by molar-refractivity contribution is 6.29. The number of amides is 1. The summed E-state index contributed by atoms with van der Waals surface area (Å²) < 4.78 is 1.82. The number of nitrogens with zero attached hydrogens (tertiary/aromatic N) is 2. The zero-order chi connectivity index (χ0) is 13.8. The summed E-state index contributed by atoms with van der Waals surface area (Å²) in [6.45, 7) is 2.07. The molecule has 1 aromatic carbocycles. The molecule has 0 radical (unpaired) electrons. The van der Waals surface area contributed by atoms with Gasteiger partial charge in [0.2, 0.25) is 5.91 Å². The minimum Gasteiger partial charge on any atom is -0.378 e. The molecule has 2 N–H and O–H groups in total. The Bertz CT molecular complexity index is 577. The molecule has 0 aliphatic rings. The first-order chi connectivity index (χ1) is 9.06. The maximum atomic E-state index is 10.9. The molecule has 5 nitrogen and oxygen atoms in total. The summed E-state index contributed by atoms with van der Waals surface area (Å²) in [5.41, 5.74) is 1.73. The molecule has 19 heavy (non-hydrogen) atoms. The lowest BCUT2D eigenvalue weighted by Crippen LogP contribution is -2.07. The molecule has 0 bridgehead atoms. The second-order valence-electron chi connectivity index (χ2n) is 4.17. The van der Waals surface area contributed by atoms with Gasteiger partial charge in [-0.3, -0.25) is 4.79 Å². The molecular weight excluding hydrogens is 264 g/mol. The molecule has 0 atom stereocenters. The summed E-state index contributed by atoms with van der Waals surface area (Å²) in [6.07, 6.45) is 1.62. The largest absolute Gasteiger partial charge is 0.378 e. The van der Waals surface area contributed by atoms with E-state index in [1.165, 1.54) is 6.92 Å². The van der Waals surface area contributed by atoms with E-state index in [0.717, 1.165) is 17.2 Å². The number of carbonyl (C=O) groups is 1. The molecule has 0 spiro atoms. The molecule has 0 aliphatic heterocycles. The number of carbonyl (C=O) groups excluding carboxylic acids is 1. The molecule has 100 valence electrons. The Kier molecular flexibility index (Phi) is 4.06. The van der Waals surface area contributed by atoms with Gasteiger partial charge in [0.25, 0.3) is 0 Å². The van der Waals surface area contributed by atoms with Crippen LogP contribution in [0.5, 0.6) is 0 Å². The molecule has 0 aliphatic carbocycles. The van der Waals surface area contributed by atoms with Crippen LogP contribution in [0.3, 0.4) is 0 Å². The van der Waals surface area contributed by atoms with Crippen molar-refractivity contribution in [3.63, 3.8) is 0 Å². The van der Waals surface area contributed by atoms with Crippen LogP contribution >= 0.6 is 11.6 Å². The van der Waals surface area contributed by atoms with Gasteiger partial charge < -0.3 is 15.2 Å². The topological polar surface area (TPSA) is 59.0 Å². The highest BCUT2D eigenvalue weighted by Gasteiger charge is 2.03. The molecule has 0 unspecified atom stereocenters. The Labute approximate surface area is 116 Å². The third-order valence-electron chi connectivity index (χ3n) is 2.68. The average molecular weight is 279 g/mol. The van der Waals surface area contributed by atoms with Gasteiger partial charge >= 0.3 is 0 Å². The van der Waals surface area contributed by atoms with Gasteiger partial charge in [-0.15, -0.1) is 0 Å². The summed E-state index contributed by atoms with van der Waals surface area (Å²) in [6, 6.07) is 7.48. The molecule has 1 aromatic heterocycles. The lowest BCUT2D eigenvalue weighted by molar-refractivity contribution is -0.114. The first kappa shape index (κ1) is 13.4. The highest BCUT2D eigenvalue weighted by atomic mass is 35.5. The molecule has 2 rings (SSSR count). The number of imidazole rings is 1. The van der Waals surface area contributed by atoms with Crippen molar-refractivity contribution in [1.82, 2.24) is 9.55 Å². The number of hydrogen-bond acceptors (Lipinski definition) is 3. The Hall–Kier alpha value is -2.01. The smallest absolute Gasteiger partial charge is 0.221 e. The zero-order valence-corrected chi connectivity index (χ0v) is 11.5. The van der Waals surface area contributed by atoms with Crippen LogP contribution in [-0.2, 0) is 18.4 Å². The van der Waals surface area contributed by atoms with E-state index in [0.29, 0.717) is 11.7 Å². The summed E-state index contributed by atoms with van der Waals surface area (Å²) in [5.74, 6) is 0.777. The molecule has 0 saturated heterocycles. The summed E-state index contributed by atoms with van der Waals surface area (Å²) in [7, 11) is 1.87. The number of aromatic nitrogens is 2. The third-order valence-corrected chi connectivity index (χ3v) is 3.03. The van der Waals surface area contributed by atoms with Crippen molar-refractivity contribution >= 4 is 28.9 Å². The number of rotatable bonds is 4. The summed E-state index contributed by atoms with van der Waals surface area (Å²) in [4.78, 5) is 15.1. The third kappa shape index (κ3) is 3.48. The molecule has 0 fully saturated rings. The predicted octanol–water partition coefficient (Wildman–Crippen LogP) is 2.64. The normalized spacial score (nSPS) is 10.3. The fourth-order valence-corrected chi connectivity index (χ4v) is 1.79. The number of halogens is 1. The van der Waals surface area contributed by atoms with Gasteiger partial charge in [0, 0.05) is 25.3 Å². The van der Waals surface area contributed by atoms with Crippen molar-refractivity contribution in [3.05, 3.63) is 41.4 Å². The second kappa shape index (κ2) is 5.75.